The Labute approximate surface area is 336 Å². The fourth-order valence-corrected chi connectivity index (χ4v) is 11.8. The number of thiophene rings is 1. The van der Waals surface area contributed by atoms with Gasteiger partial charge in [0.25, 0.3) is 0 Å². The summed E-state index contributed by atoms with van der Waals surface area (Å²) in [6.07, 6.45) is 8.26. The van der Waals surface area contributed by atoms with E-state index in [1.807, 2.05) is 23.5 Å². The SMILES string of the molecule is CC12c3ccccc3-c3ccccc3C1C=C(N1c3ccccc3C3c4c(sc5ccccc45)C=CC31)CC2c1nc(-c2ccccc2)nc(-c2ccccc2)n1. The van der Waals surface area contributed by atoms with Gasteiger partial charge in [-0.25, -0.2) is 15.0 Å². The molecule has 0 fully saturated rings. The van der Waals surface area contributed by atoms with E-state index in [0.717, 1.165) is 23.4 Å². The average Bonchev–Trinajstić information content (AvgIpc) is 3.82. The Morgan fingerprint density at radius 3 is 2.04 bits per heavy atom. The van der Waals surface area contributed by atoms with Crippen LogP contribution in [0.2, 0.25) is 0 Å². The lowest BCUT2D eigenvalue weighted by atomic mass is 9.53. The highest BCUT2D eigenvalue weighted by atomic mass is 32.1. The first-order chi connectivity index (χ1) is 28.1. The Hall–Kier alpha value is -6.43. The lowest BCUT2D eigenvalue weighted by Gasteiger charge is -2.51. The van der Waals surface area contributed by atoms with Crippen molar-refractivity contribution in [1.82, 2.24) is 15.0 Å². The molecular weight excluding hydrogens is 713 g/mol. The maximum Gasteiger partial charge on any atom is 0.163 e. The monoisotopic (exact) mass is 750 g/mol. The van der Waals surface area contributed by atoms with Gasteiger partial charge in [-0.2, -0.15) is 0 Å². The molecule has 0 saturated carbocycles. The van der Waals surface area contributed by atoms with Gasteiger partial charge < -0.3 is 4.90 Å². The molecule has 2 aromatic heterocycles. The quantitative estimate of drug-likeness (QED) is 0.180. The molecule has 5 unspecified atom stereocenters. The second-order valence-electron chi connectivity index (χ2n) is 16.0. The van der Waals surface area contributed by atoms with Gasteiger partial charge in [0.05, 0.1) is 6.04 Å². The van der Waals surface area contributed by atoms with Gasteiger partial charge in [-0.1, -0.05) is 165 Å². The van der Waals surface area contributed by atoms with Crippen LogP contribution in [0.25, 0.3) is 50.1 Å². The summed E-state index contributed by atoms with van der Waals surface area (Å²) in [6.45, 7) is 2.48. The highest BCUT2D eigenvalue weighted by Gasteiger charge is 2.54. The van der Waals surface area contributed by atoms with Crippen molar-refractivity contribution < 1.29 is 0 Å². The molecule has 0 amide bonds. The molecular formula is C52H38N4S. The van der Waals surface area contributed by atoms with Crippen LogP contribution < -0.4 is 4.90 Å². The second-order valence-corrected chi connectivity index (χ2v) is 17.1. The van der Waals surface area contributed by atoms with Crippen LogP contribution in [0.1, 0.15) is 64.1 Å². The summed E-state index contributed by atoms with van der Waals surface area (Å²) >= 11 is 1.91. The first kappa shape index (κ1) is 32.8. The molecule has 57 heavy (non-hydrogen) atoms. The van der Waals surface area contributed by atoms with E-state index in [1.165, 1.54) is 59.7 Å². The molecule has 0 radical (unpaired) electrons. The number of allylic oxidation sites excluding steroid dienone is 2. The lowest BCUT2D eigenvalue weighted by molar-refractivity contribution is 0.301. The number of para-hydroxylation sites is 1. The highest BCUT2D eigenvalue weighted by molar-refractivity contribution is 7.20. The maximum absolute atomic E-state index is 5.48. The van der Waals surface area contributed by atoms with Crippen LogP contribution in [-0.2, 0) is 5.41 Å². The number of aromatic nitrogens is 3. The lowest BCUT2D eigenvalue weighted by Crippen LogP contribution is -2.45. The molecule has 8 aromatic rings. The van der Waals surface area contributed by atoms with Gasteiger partial charge in [0.1, 0.15) is 5.82 Å². The average molecular weight is 751 g/mol. The van der Waals surface area contributed by atoms with Crippen molar-refractivity contribution in [2.75, 3.05) is 4.90 Å². The van der Waals surface area contributed by atoms with Crippen molar-refractivity contribution in [3.8, 4) is 33.9 Å². The number of rotatable bonds is 4. The summed E-state index contributed by atoms with van der Waals surface area (Å²) < 4.78 is 1.35. The van der Waals surface area contributed by atoms with Crippen molar-refractivity contribution in [3.05, 3.63) is 209 Å². The molecule has 0 saturated heterocycles. The molecule has 5 atom stereocenters. The third kappa shape index (κ3) is 4.82. The summed E-state index contributed by atoms with van der Waals surface area (Å²) in [5.74, 6) is 2.49. The first-order valence-electron chi connectivity index (χ1n) is 20.0. The summed E-state index contributed by atoms with van der Waals surface area (Å²) in [5, 5.41) is 1.38. The van der Waals surface area contributed by atoms with Crippen LogP contribution in [0.4, 0.5) is 5.69 Å². The largest absolute Gasteiger partial charge is 0.337 e. The van der Waals surface area contributed by atoms with Crippen LogP contribution in [0.15, 0.2) is 176 Å². The van der Waals surface area contributed by atoms with Crippen molar-refractivity contribution >= 4 is 33.2 Å². The van der Waals surface area contributed by atoms with Crippen LogP contribution in [-0.4, -0.2) is 21.0 Å². The zero-order valence-electron chi connectivity index (χ0n) is 31.5. The van der Waals surface area contributed by atoms with E-state index in [9.17, 15) is 0 Å². The molecule has 0 spiro atoms. The minimum Gasteiger partial charge on any atom is -0.337 e. The summed E-state index contributed by atoms with van der Waals surface area (Å²) in [6, 6.07) is 57.1. The van der Waals surface area contributed by atoms with Crippen LogP contribution in [0.5, 0.6) is 0 Å². The van der Waals surface area contributed by atoms with Crippen LogP contribution >= 0.6 is 11.3 Å². The number of fused-ring (bicyclic) bond motifs is 13. The molecule has 4 aliphatic rings. The molecule has 4 nitrogen and oxygen atoms in total. The molecule has 12 rings (SSSR count). The fraction of sp³-hybridized carbons (Fsp3) is 0.135. The van der Waals surface area contributed by atoms with Crippen LogP contribution in [0, 0.1) is 0 Å². The number of nitrogens with zero attached hydrogens (tertiary/aromatic N) is 4. The van der Waals surface area contributed by atoms with E-state index in [2.05, 4.69) is 176 Å². The van der Waals surface area contributed by atoms with Crippen molar-refractivity contribution in [1.29, 1.82) is 0 Å². The molecule has 3 heterocycles. The Morgan fingerprint density at radius 1 is 0.632 bits per heavy atom. The Bertz CT molecular complexity index is 2890. The van der Waals surface area contributed by atoms with Gasteiger partial charge in [0.15, 0.2) is 11.6 Å². The normalized spacial score (nSPS) is 22.5. The molecule has 6 aromatic carbocycles. The van der Waals surface area contributed by atoms with Crippen molar-refractivity contribution in [2.24, 2.45) is 0 Å². The van der Waals surface area contributed by atoms with Crippen molar-refractivity contribution in [2.45, 2.75) is 42.6 Å². The number of anilines is 1. The van der Waals surface area contributed by atoms with Crippen LogP contribution in [0.3, 0.4) is 0 Å². The first-order valence-corrected chi connectivity index (χ1v) is 20.8. The molecule has 1 aliphatic heterocycles. The Balaban J connectivity index is 1.10. The van der Waals surface area contributed by atoms with E-state index in [1.54, 1.807) is 0 Å². The minimum atomic E-state index is -0.352. The smallest absolute Gasteiger partial charge is 0.163 e. The third-order valence-electron chi connectivity index (χ3n) is 13.2. The predicted molar refractivity (Wildman–Crippen MR) is 234 cm³/mol. The van der Waals surface area contributed by atoms with E-state index in [0.29, 0.717) is 11.6 Å². The molecule has 5 heteroatoms. The van der Waals surface area contributed by atoms with Gasteiger partial charge in [0, 0.05) is 55.3 Å². The van der Waals surface area contributed by atoms with E-state index in [-0.39, 0.29) is 29.2 Å². The zero-order valence-corrected chi connectivity index (χ0v) is 32.3. The maximum atomic E-state index is 5.48. The number of hydrogen-bond donors (Lipinski definition) is 0. The summed E-state index contributed by atoms with van der Waals surface area (Å²) in [7, 11) is 0. The third-order valence-corrected chi connectivity index (χ3v) is 14.3. The summed E-state index contributed by atoms with van der Waals surface area (Å²) in [4.78, 5) is 20.2. The second kappa shape index (κ2) is 12.5. The van der Waals surface area contributed by atoms with Gasteiger partial charge in [-0.3, -0.25) is 0 Å². The van der Waals surface area contributed by atoms with Gasteiger partial charge in [-0.15, -0.1) is 11.3 Å². The van der Waals surface area contributed by atoms with E-state index in [4.69, 9.17) is 15.0 Å². The standard InChI is InChI=1S/C52H38N4S/c1-52-40-25-13-10-21-36(40)35-20-8-9-22-37(35)41(52)30-34(31-42(52)51-54-49(32-16-4-2-5-17-32)53-50(55-51)33-18-6-3-7-19-33)56-43-26-14-11-23-38(43)47-44(56)28-29-46-48(47)39-24-12-15-27-45(39)57-46/h2-30,41-42,44,47H,31H2,1H3. The summed E-state index contributed by atoms with van der Waals surface area (Å²) in [5.41, 5.74) is 12.4. The number of benzene rings is 6. The predicted octanol–water partition coefficient (Wildman–Crippen LogP) is 12.6. The fourth-order valence-electron chi connectivity index (χ4n) is 10.6. The van der Waals surface area contributed by atoms with E-state index < -0.39 is 0 Å². The van der Waals surface area contributed by atoms with Gasteiger partial charge in [-0.05, 0) is 63.4 Å². The molecule has 3 aliphatic carbocycles. The zero-order chi connectivity index (χ0) is 37.7. The Morgan fingerprint density at radius 2 is 1.26 bits per heavy atom. The van der Waals surface area contributed by atoms with Gasteiger partial charge >= 0.3 is 0 Å². The number of hydrogen-bond acceptors (Lipinski definition) is 5. The minimum absolute atomic E-state index is 0.0683. The molecule has 272 valence electrons. The topological polar surface area (TPSA) is 41.9 Å². The van der Waals surface area contributed by atoms with Crippen molar-refractivity contribution in [3.63, 3.8) is 0 Å². The Kier molecular flexibility index (Phi) is 7.21. The highest BCUT2D eigenvalue weighted by Crippen LogP contribution is 2.63. The molecule has 0 bridgehead atoms. The van der Waals surface area contributed by atoms with Gasteiger partial charge in [0.2, 0.25) is 0 Å². The molecule has 0 N–H and O–H groups in total. The van der Waals surface area contributed by atoms with E-state index >= 15 is 0 Å².